The van der Waals surface area contributed by atoms with Crippen molar-refractivity contribution in [3.05, 3.63) is 11.8 Å². The largest absolute Gasteiger partial charge is 0.503 e. The number of sulfone groups is 1. The number of aliphatic carboxylic acids is 1. The molecule has 0 aromatic rings. The lowest BCUT2D eigenvalue weighted by molar-refractivity contribution is -0.132. The van der Waals surface area contributed by atoms with Gasteiger partial charge in [-0.25, -0.2) is 26.4 Å². The quantitative estimate of drug-likeness (QED) is 0.403. The Balaban J connectivity index is 2.82. The fourth-order valence-corrected chi connectivity index (χ4v) is 5.44. The van der Waals surface area contributed by atoms with Crippen molar-refractivity contribution in [2.75, 3.05) is 11.5 Å². The number of hydrogen-bond acceptors (Lipinski definition) is 7. The number of rotatable bonds is 4. The molecule has 1 unspecified atom stereocenters. The number of carbonyl (C=O) groups is 2. The summed E-state index contributed by atoms with van der Waals surface area (Å²) in [5, 5.41) is 16.0. The van der Waals surface area contributed by atoms with E-state index in [1.165, 1.54) is 4.72 Å². The maximum atomic E-state index is 11.6. The molecule has 19 heavy (non-hydrogen) atoms. The average Bonchev–Trinajstić information content (AvgIpc) is 2.57. The summed E-state index contributed by atoms with van der Waals surface area (Å²) < 4.78 is 47.0. The van der Waals surface area contributed by atoms with Gasteiger partial charge in [0.1, 0.15) is 0 Å². The van der Waals surface area contributed by atoms with Crippen molar-refractivity contribution in [1.29, 1.82) is 0 Å². The van der Waals surface area contributed by atoms with E-state index in [2.05, 4.69) is 0 Å². The molecule has 3 N–H and O–H groups in total. The summed E-state index contributed by atoms with van der Waals surface area (Å²) in [7, 11) is -7.74. The highest BCUT2D eigenvalue weighted by molar-refractivity contribution is 7.95. The van der Waals surface area contributed by atoms with Gasteiger partial charge < -0.3 is 10.2 Å². The minimum Gasteiger partial charge on any atom is -0.503 e. The van der Waals surface area contributed by atoms with E-state index in [1.807, 2.05) is 0 Å². The molecule has 0 aromatic carbocycles. The Bertz CT molecular complexity index is 630. The number of amides is 1. The lowest BCUT2D eigenvalue weighted by atomic mass is 10.4. The Morgan fingerprint density at radius 3 is 2.26 bits per heavy atom. The van der Waals surface area contributed by atoms with Crippen LogP contribution in [0.1, 0.15) is 6.42 Å². The van der Waals surface area contributed by atoms with Gasteiger partial charge in [-0.05, 0) is 6.42 Å². The van der Waals surface area contributed by atoms with Crippen molar-refractivity contribution in [2.45, 2.75) is 11.7 Å². The summed E-state index contributed by atoms with van der Waals surface area (Å²) in [5.74, 6) is -5.36. The SMILES string of the molecule is O=C(O)C=C(O)C(=O)NS(=O)(=O)C1CCS(=O)(=O)C1. The van der Waals surface area contributed by atoms with Crippen molar-refractivity contribution in [2.24, 2.45) is 0 Å². The molecule has 108 valence electrons. The van der Waals surface area contributed by atoms with E-state index in [-0.39, 0.29) is 18.2 Å². The number of hydrogen-bond donors (Lipinski definition) is 3. The van der Waals surface area contributed by atoms with Gasteiger partial charge in [0, 0.05) is 0 Å². The maximum absolute atomic E-state index is 11.6. The van der Waals surface area contributed by atoms with Crippen molar-refractivity contribution in [1.82, 2.24) is 4.72 Å². The number of nitrogens with one attached hydrogen (secondary N) is 1. The molecule has 11 heteroatoms. The van der Waals surface area contributed by atoms with Gasteiger partial charge in [0.2, 0.25) is 10.0 Å². The minimum absolute atomic E-state index is 0.121. The summed E-state index contributed by atoms with van der Waals surface area (Å²) in [5.41, 5.74) is 0. The molecule has 1 fully saturated rings. The van der Waals surface area contributed by atoms with Crippen LogP contribution in [0.2, 0.25) is 0 Å². The van der Waals surface area contributed by atoms with Crippen LogP contribution in [0.15, 0.2) is 11.8 Å². The zero-order valence-electron chi connectivity index (χ0n) is 9.44. The third-order valence-corrected chi connectivity index (χ3v) is 6.09. The number of carboxylic acid groups (broad SMARTS) is 1. The fraction of sp³-hybridized carbons (Fsp3) is 0.500. The number of sulfonamides is 1. The summed E-state index contributed by atoms with van der Waals surface area (Å²) in [4.78, 5) is 21.4. The molecule has 0 spiro atoms. The third kappa shape index (κ3) is 4.21. The van der Waals surface area contributed by atoms with Crippen molar-refractivity contribution < 1.29 is 36.6 Å². The van der Waals surface area contributed by atoms with Crippen LogP contribution < -0.4 is 4.72 Å². The minimum atomic E-state index is -4.28. The van der Waals surface area contributed by atoms with Crippen LogP contribution in [0, 0.1) is 0 Å². The van der Waals surface area contributed by atoms with Crippen LogP contribution >= 0.6 is 0 Å². The molecule has 0 aromatic heterocycles. The molecule has 0 bridgehead atoms. The van der Waals surface area contributed by atoms with Gasteiger partial charge >= 0.3 is 5.97 Å². The van der Waals surface area contributed by atoms with E-state index in [1.54, 1.807) is 0 Å². The number of carboxylic acids is 1. The summed E-state index contributed by atoms with van der Waals surface area (Å²) >= 11 is 0. The molecule has 1 rings (SSSR count). The summed E-state index contributed by atoms with van der Waals surface area (Å²) in [6.07, 6.45) is -0.0371. The highest BCUT2D eigenvalue weighted by Crippen LogP contribution is 2.18. The molecule has 0 radical (unpaired) electrons. The van der Waals surface area contributed by atoms with E-state index in [4.69, 9.17) is 10.2 Å². The highest BCUT2D eigenvalue weighted by atomic mass is 32.2. The Morgan fingerprint density at radius 1 is 1.26 bits per heavy atom. The highest BCUT2D eigenvalue weighted by Gasteiger charge is 2.38. The molecule has 0 saturated carbocycles. The molecule has 1 aliphatic rings. The van der Waals surface area contributed by atoms with Crippen LogP contribution in [0.25, 0.3) is 0 Å². The van der Waals surface area contributed by atoms with Crippen molar-refractivity contribution >= 4 is 31.7 Å². The molecule has 1 heterocycles. The summed E-state index contributed by atoms with van der Waals surface area (Å²) in [6.45, 7) is 0. The first kappa shape index (κ1) is 15.4. The lowest BCUT2D eigenvalue weighted by Gasteiger charge is -2.10. The van der Waals surface area contributed by atoms with E-state index < -0.39 is 48.5 Å². The zero-order chi connectivity index (χ0) is 14.8. The average molecular weight is 313 g/mol. The zero-order valence-corrected chi connectivity index (χ0v) is 11.1. The molecule has 0 aliphatic carbocycles. The van der Waals surface area contributed by atoms with Crippen LogP contribution in [-0.2, 0) is 29.4 Å². The number of aliphatic hydroxyl groups is 1. The van der Waals surface area contributed by atoms with E-state index in [9.17, 15) is 26.4 Å². The maximum Gasteiger partial charge on any atom is 0.332 e. The molecule has 9 nitrogen and oxygen atoms in total. The van der Waals surface area contributed by atoms with Gasteiger partial charge in [-0.15, -0.1) is 0 Å². The molecule has 1 amide bonds. The Morgan fingerprint density at radius 2 is 1.84 bits per heavy atom. The van der Waals surface area contributed by atoms with Gasteiger partial charge in [0.15, 0.2) is 15.6 Å². The Kier molecular flexibility index (Phi) is 4.20. The molecule has 1 atom stereocenters. The van der Waals surface area contributed by atoms with E-state index >= 15 is 0 Å². The van der Waals surface area contributed by atoms with E-state index in [0.717, 1.165) is 0 Å². The Labute approximate surface area is 108 Å². The molecular weight excluding hydrogens is 302 g/mol. The second-order valence-electron chi connectivity index (χ2n) is 3.87. The van der Waals surface area contributed by atoms with E-state index in [0.29, 0.717) is 0 Å². The van der Waals surface area contributed by atoms with Crippen molar-refractivity contribution in [3.8, 4) is 0 Å². The second kappa shape index (κ2) is 5.17. The smallest absolute Gasteiger partial charge is 0.332 e. The second-order valence-corrected chi connectivity index (χ2v) is 8.06. The van der Waals surface area contributed by atoms with Crippen LogP contribution in [-0.4, -0.2) is 55.7 Å². The standard InChI is InChI=1S/C8H11NO8S2/c10-6(3-7(11)12)8(13)9-19(16,17)5-1-2-18(14,15)4-5/h3,5,10H,1-2,4H2,(H,9,13)(H,11,12). The lowest BCUT2D eigenvalue weighted by Crippen LogP contribution is -2.39. The van der Waals surface area contributed by atoms with Crippen molar-refractivity contribution in [3.63, 3.8) is 0 Å². The van der Waals surface area contributed by atoms with Gasteiger partial charge in [0.25, 0.3) is 5.91 Å². The van der Waals surface area contributed by atoms with Gasteiger partial charge in [0.05, 0.1) is 22.8 Å². The Hall–Kier alpha value is -1.62. The number of carbonyl (C=O) groups excluding carboxylic acids is 1. The summed E-state index contributed by atoms with van der Waals surface area (Å²) in [6, 6.07) is 0. The first-order chi connectivity index (χ1) is 8.53. The van der Waals surface area contributed by atoms with Crippen LogP contribution in [0.4, 0.5) is 0 Å². The topological polar surface area (TPSA) is 155 Å². The third-order valence-electron chi connectivity index (χ3n) is 2.36. The van der Waals surface area contributed by atoms with Crippen LogP contribution in [0.5, 0.6) is 0 Å². The number of aliphatic hydroxyl groups excluding tert-OH is 1. The normalized spacial score (nSPS) is 22.9. The monoisotopic (exact) mass is 313 g/mol. The predicted octanol–water partition coefficient (Wildman–Crippen LogP) is -1.85. The first-order valence-electron chi connectivity index (χ1n) is 4.93. The van der Waals surface area contributed by atoms with Crippen LogP contribution in [0.3, 0.4) is 0 Å². The molecular formula is C8H11NO8S2. The first-order valence-corrected chi connectivity index (χ1v) is 8.30. The fourth-order valence-electron chi connectivity index (χ4n) is 1.45. The van der Waals surface area contributed by atoms with Gasteiger partial charge in [-0.3, -0.25) is 4.79 Å². The van der Waals surface area contributed by atoms with Gasteiger partial charge in [-0.2, -0.15) is 0 Å². The van der Waals surface area contributed by atoms with Gasteiger partial charge in [-0.1, -0.05) is 0 Å². The molecule has 1 saturated heterocycles. The molecule has 1 aliphatic heterocycles. The predicted molar refractivity (Wildman–Crippen MR) is 62.5 cm³/mol.